The van der Waals surface area contributed by atoms with Crippen molar-refractivity contribution in [1.82, 2.24) is 4.72 Å². The van der Waals surface area contributed by atoms with Crippen LogP contribution in [0.15, 0.2) is 83.8 Å². The molecule has 0 bridgehead atoms. The van der Waals surface area contributed by atoms with Crippen molar-refractivity contribution in [2.75, 3.05) is 11.9 Å². The Bertz CT molecular complexity index is 1210. The summed E-state index contributed by atoms with van der Waals surface area (Å²) >= 11 is 0. The van der Waals surface area contributed by atoms with Crippen LogP contribution < -0.4 is 14.8 Å². The Balaban J connectivity index is 1.57. The molecule has 0 aliphatic heterocycles. The molecule has 6 nitrogen and oxygen atoms in total. The van der Waals surface area contributed by atoms with Crippen LogP contribution in [0.25, 0.3) is 6.08 Å². The highest BCUT2D eigenvalue weighted by Gasteiger charge is 2.11. The molecule has 32 heavy (non-hydrogen) atoms. The van der Waals surface area contributed by atoms with Crippen LogP contribution >= 0.6 is 0 Å². The molecule has 2 N–H and O–H groups in total. The lowest BCUT2D eigenvalue weighted by Gasteiger charge is -2.08. The first-order valence-corrected chi connectivity index (χ1v) is 11.4. The standard InChI is InChI=1S/C24H23FN2O4S/c1-2-26-32(29,30)23-12-9-18(10-13-23)11-14-24(28)27-21-7-3-5-19(15-21)17-31-22-8-4-6-20(25)16-22/h3-16,26H,2,17H2,1H3,(H,27,28)/b14-11+. The number of amides is 1. The van der Waals surface area contributed by atoms with Gasteiger partial charge in [0.15, 0.2) is 0 Å². The summed E-state index contributed by atoms with van der Waals surface area (Å²) < 4.78 is 45.2. The quantitative estimate of drug-likeness (QED) is 0.471. The fraction of sp³-hybridized carbons (Fsp3) is 0.125. The summed E-state index contributed by atoms with van der Waals surface area (Å²) in [6.07, 6.45) is 2.96. The summed E-state index contributed by atoms with van der Waals surface area (Å²) in [6, 6.07) is 19.2. The maximum absolute atomic E-state index is 13.2. The minimum Gasteiger partial charge on any atom is -0.489 e. The lowest BCUT2D eigenvalue weighted by Crippen LogP contribution is -2.22. The predicted molar refractivity (Wildman–Crippen MR) is 122 cm³/mol. The van der Waals surface area contributed by atoms with Gasteiger partial charge < -0.3 is 10.1 Å². The van der Waals surface area contributed by atoms with Crippen molar-refractivity contribution in [3.05, 3.63) is 95.8 Å². The summed E-state index contributed by atoms with van der Waals surface area (Å²) in [5.74, 6) is -0.284. The normalized spacial score (nSPS) is 11.4. The zero-order valence-corrected chi connectivity index (χ0v) is 18.2. The van der Waals surface area contributed by atoms with Crippen LogP contribution in [-0.4, -0.2) is 20.9 Å². The van der Waals surface area contributed by atoms with E-state index in [1.165, 1.54) is 30.3 Å². The van der Waals surface area contributed by atoms with E-state index in [1.54, 1.807) is 55.5 Å². The summed E-state index contributed by atoms with van der Waals surface area (Å²) in [4.78, 5) is 12.4. The highest BCUT2D eigenvalue weighted by atomic mass is 32.2. The number of nitrogens with one attached hydrogen (secondary N) is 2. The molecule has 0 atom stereocenters. The Morgan fingerprint density at radius 3 is 2.50 bits per heavy atom. The molecule has 0 radical (unpaired) electrons. The minimum absolute atomic E-state index is 0.165. The zero-order chi connectivity index (χ0) is 23.0. The van der Waals surface area contributed by atoms with E-state index in [9.17, 15) is 17.6 Å². The summed E-state index contributed by atoms with van der Waals surface area (Å²) in [5, 5.41) is 2.77. The Morgan fingerprint density at radius 2 is 1.78 bits per heavy atom. The molecule has 166 valence electrons. The maximum atomic E-state index is 13.2. The second-order valence-corrected chi connectivity index (χ2v) is 8.61. The topological polar surface area (TPSA) is 84.5 Å². The van der Waals surface area contributed by atoms with Crippen molar-refractivity contribution in [2.24, 2.45) is 0 Å². The second kappa shape index (κ2) is 10.7. The van der Waals surface area contributed by atoms with E-state index in [1.807, 2.05) is 6.07 Å². The maximum Gasteiger partial charge on any atom is 0.248 e. The van der Waals surface area contributed by atoms with Crippen molar-refractivity contribution in [2.45, 2.75) is 18.4 Å². The van der Waals surface area contributed by atoms with Crippen molar-refractivity contribution >= 4 is 27.7 Å². The van der Waals surface area contributed by atoms with E-state index in [2.05, 4.69) is 10.0 Å². The van der Waals surface area contributed by atoms with Gasteiger partial charge in [0.2, 0.25) is 15.9 Å². The average Bonchev–Trinajstić information content (AvgIpc) is 2.77. The lowest BCUT2D eigenvalue weighted by atomic mass is 10.2. The number of hydrogen-bond donors (Lipinski definition) is 2. The van der Waals surface area contributed by atoms with Crippen LogP contribution in [0.2, 0.25) is 0 Å². The predicted octanol–water partition coefficient (Wildman–Crippen LogP) is 4.35. The van der Waals surface area contributed by atoms with Crippen LogP contribution in [0, 0.1) is 5.82 Å². The van der Waals surface area contributed by atoms with E-state index in [0.29, 0.717) is 23.5 Å². The van der Waals surface area contributed by atoms with E-state index in [4.69, 9.17) is 4.74 Å². The van der Waals surface area contributed by atoms with Crippen molar-refractivity contribution < 1.29 is 22.3 Å². The van der Waals surface area contributed by atoms with Crippen LogP contribution in [0.3, 0.4) is 0 Å². The largest absolute Gasteiger partial charge is 0.489 e. The Kier molecular flexibility index (Phi) is 7.75. The molecule has 0 spiro atoms. The molecule has 8 heteroatoms. The molecule has 0 unspecified atom stereocenters. The second-order valence-electron chi connectivity index (χ2n) is 6.84. The van der Waals surface area contributed by atoms with Crippen molar-refractivity contribution in [3.63, 3.8) is 0 Å². The third-order valence-electron chi connectivity index (χ3n) is 4.35. The molecule has 0 aliphatic rings. The summed E-state index contributed by atoms with van der Waals surface area (Å²) in [6.45, 7) is 2.24. The Hall–Kier alpha value is -3.49. The smallest absolute Gasteiger partial charge is 0.248 e. The Labute approximate surface area is 186 Å². The van der Waals surface area contributed by atoms with Gasteiger partial charge >= 0.3 is 0 Å². The number of anilines is 1. The molecule has 0 saturated heterocycles. The van der Waals surface area contributed by atoms with Gasteiger partial charge in [-0.2, -0.15) is 0 Å². The number of carbonyl (C=O) groups excluding carboxylic acids is 1. The van der Waals surface area contributed by atoms with Gasteiger partial charge in [-0.05, 0) is 53.6 Å². The molecule has 0 fully saturated rings. The van der Waals surface area contributed by atoms with Gasteiger partial charge in [-0.1, -0.05) is 37.3 Å². The number of rotatable bonds is 9. The van der Waals surface area contributed by atoms with Gasteiger partial charge in [-0.25, -0.2) is 17.5 Å². The van der Waals surface area contributed by atoms with E-state index in [-0.39, 0.29) is 23.2 Å². The van der Waals surface area contributed by atoms with E-state index in [0.717, 1.165) is 5.56 Å². The summed E-state index contributed by atoms with van der Waals surface area (Å²) in [5.41, 5.74) is 2.09. The molecule has 0 saturated carbocycles. The van der Waals surface area contributed by atoms with E-state index >= 15 is 0 Å². The van der Waals surface area contributed by atoms with Gasteiger partial charge in [-0.15, -0.1) is 0 Å². The number of ether oxygens (including phenoxy) is 1. The number of hydrogen-bond acceptors (Lipinski definition) is 4. The van der Waals surface area contributed by atoms with E-state index < -0.39 is 10.0 Å². The fourth-order valence-corrected chi connectivity index (χ4v) is 3.89. The SMILES string of the molecule is CCNS(=O)(=O)c1ccc(/C=C/C(=O)Nc2cccc(COc3cccc(F)c3)c2)cc1. The number of halogens is 1. The first kappa shape index (κ1) is 23.2. The van der Waals surface area contributed by atoms with Crippen molar-refractivity contribution in [3.8, 4) is 5.75 Å². The highest BCUT2D eigenvalue weighted by molar-refractivity contribution is 7.89. The number of benzene rings is 3. The number of sulfonamides is 1. The molecule has 1 amide bonds. The first-order chi connectivity index (χ1) is 15.4. The van der Waals surface area contributed by atoms with Crippen LogP contribution in [0.5, 0.6) is 5.75 Å². The van der Waals surface area contributed by atoms with Crippen LogP contribution in [-0.2, 0) is 21.4 Å². The lowest BCUT2D eigenvalue weighted by molar-refractivity contribution is -0.111. The summed E-state index contributed by atoms with van der Waals surface area (Å²) in [7, 11) is -3.51. The third kappa shape index (κ3) is 6.76. The molecule has 3 rings (SSSR count). The fourth-order valence-electron chi connectivity index (χ4n) is 2.85. The van der Waals surface area contributed by atoms with Crippen molar-refractivity contribution in [1.29, 1.82) is 0 Å². The average molecular weight is 455 g/mol. The third-order valence-corrected chi connectivity index (χ3v) is 5.91. The first-order valence-electron chi connectivity index (χ1n) is 9.92. The van der Waals surface area contributed by atoms with Gasteiger partial charge in [0.1, 0.15) is 18.2 Å². The van der Waals surface area contributed by atoms with Gasteiger partial charge in [0, 0.05) is 24.4 Å². The Morgan fingerprint density at radius 1 is 1.03 bits per heavy atom. The number of carbonyl (C=O) groups is 1. The van der Waals surface area contributed by atoms with Crippen LogP contribution in [0.1, 0.15) is 18.1 Å². The molecular formula is C24H23FN2O4S. The molecule has 0 aliphatic carbocycles. The van der Waals surface area contributed by atoms with Gasteiger partial charge in [0.05, 0.1) is 4.90 Å². The van der Waals surface area contributed by atoms with Gasteiger partial charge in [-0.3, -0.25) is 4.79 Å². The molecule has 0 aromatic heterocycles. The van der Waals surface area contributed by atoms with Crippen LogP contribution in [0.4, 0.5) is 10.1 Å². The molecule has 3 aromatic rings. The monoisotopic (exact) mass is 454 g/mol. The molecule has 3 aromatic carbocycles. The van der Waals surface area contributed by atoms with Gasteiger partial charge in [0.25, 0.3) is 0 Å². The molecule has 0 heterocycles. The zero-order valence-electron chi connectivity index (χ0n) is 17.4. The highest BCUT2D eigenvalue weighted by Crippen LogP contribution is 2.17. The molecular weight excluding hydrogens is 431 g/mol. The minimum atomic E-state index is -3.51.